The van der Waals surface area contributed by atoms with Gasteiger partial charge in [0.2, 0.25) is 15.8 Å². The number of sulfonamides is 1. The van der Waals surface area contributed by atoms with Crippen molar-refractivity contribution in [3.05, 3.63) is 76.2 Å². The van der Waals surface area contributed by atoms with Gasteiger partial charge in [-0.2, -0.15) is 0 Å². The summed E-state index contributed by atoms with van der Waals surface area (Å²) < 4.78 is 55.9. The third kappa shape index (κ3) is 6.13. The fraction of sp³-hybridized carbons (Fsp3) is 0.407. The Kier molecular flexibility index (Phi) is 8.27. The maximum absolute atomic E-state index is 14.1. The summed E-state index contributed by atoms with van der Waals surface area (Å²) in [5.74, 6) is -2.81. The minimum Gasteiger partial charge on any atom is -0.382 e. The van der Waals surface area contributed by atoms with Gasteiger partial charge < -0.3 is 11.1 Å². The lowest BCUT2D eigenvalue weighted by Gasteiger charge is -2.32. The molecule has 1 unspecified atom stereocenters. The number of ketones is 1. The molecule has 2 fully saturated rings. The van der Waals surface area contributed by atoms with E-state index >= 15 is 0 Å². The molecule has 0 bridgehead atoms. The molecule has 208 valence electrons. The summed E-state index contributed by atoms with van der Waals surface area (Å²) in [6.07, 6.45) is 3.20. The minimum absolute atomic E-state index is 0.0442. The summed E-state index contributed by atoms with van der Waals surface area (Å²) in [6.45, 7) is 2.13. The van der Waals surface area contributed by atoms with Crippen LogP contribution in [-0.2, 0) is 10.0 Å². The van der Waals surface area contributed by atoms with E-state index in [9.17, 15) is 22.0 Å². The highest BCUT2D eigenvalue weighted by atomic mass is 32.2. The molecule has 2 aromatic carbocycles. The van der Waals surface area contributed by atoms with E-state index in [1.807, 2.05) is 18.2 Å². The van der Waals surface area contributed by atoms with E-state index in [0.29, 0.717) is 37.6 Å². The van der Waals surface area contributed by atoms with Gasteiger partial charge >= 0.3 is 0 Å². The second kappa shape index (κ2) is 11.7. The van der Waals surface area contributed by atoms with Crippen LogP contribution < -0.4 is 11.1 Å². The number of hydrogen-bond acceptors (Lipinski definition) is 8. The predicted octanol–water partition coefficient (Wildman–Crippen LogP) is 4.28. The highest BCUT2D eigenvalue weighted by molar-refractivity contribution is 7.89. The summed E-state index contributed by atoms with van der Waals surface area (Å²) in [5, 5.41) is 3.56. The monoisotopic (exact) mass is 575 g/mol. The van der Waals surface area contributed by atoms with Gasteiger partial charge in [0.25, 0.3) is 0 Å². The number of nitrogens with one attached hydrogen (secondary N) is 1. The quantitative estimate of drug-likeness (QED) is 0.367. The summed E-state index contributed by atoms with van der Waals surface area (Å²) in [4.78, 5) is 19.1. The number of halogens is 2. The number of hydrogen-bond donors (Lipinski definition) is 2. The smallest absolute Gasteiger partial charge is 0.215 e. The number of carbonyl (C=O) groups excluding carboxylic acids is 1. The number of benzene rings is 2. The first-order valence-corrected chi connectivity index (χ1v) is 15.4. The maximum atomic E-state index is 14.1. The number of anilines is 2. The number of aromatic nitrogens is 1. The third-order valence-corrected chi connectivity index (χ3v) is 10.3. The van der Waals surface area contributed by atoms with Crippen LogP contribution in [0.2, 0.25) is 0 Å². The van der Waals surface area contributed by atoms with E-state index in [-0.39, 0.29) is 28.5 Å². The van der Waals surface area contributed by atoms with Crippen molar-refractivity contribution in [2.45, 2.75) is 37.8 Å². The van der Waals surface area contributed by atoms with Gasteiger partial charge in [0, 0.05) is 31.7 Å². The molecule has 0 radical (unpaired) electrons. The van der Waals surface area contributed by atoms with E-state index in [0.717, 1.165) is 42.9 Å². The topological polar surface area (TPSA) is 109 Å². The molecule has 3 N–H and O–H groups in total. The van der Waals surface area contributed by atoms with Crippen molar-refractivity contribution in [3.8, 4) is 0 Å². The fourth-order valence-corrected chi connectivity index (χ4v) is 7.74. The summed E-state index contributed by atoms with van der Waals surface area (Å²) in [5.41, 5.74) is 6.46. The molecule has 0 saturated carbocycles. The Bertz CT molecular complexity index is 1410. The lowest BCUT2D eigenvalue weighted by Crippen LogP contribution is -2.44. The van der Waals surface area contributed by atoms with Crippen LogP contribution in [-0.4, -0.2) is 66.4 Å². The van der Waals surface area contributed by atoms with Crippen LogP contribution in [0.15, 0.2) is 48.5 Å². The van der Waals surface area contributed by atoms with Gasteiger partial charge in [0.1, 0.15) is 22.3 Å². The van der Waals surface area contributed by atoms with Crippen molar-refractivity contribution >= 4 is 38.1 Å². The molecule has 1 atom stereocenters. The number of likely N-dealkylation sites (tertiary alicyclic amines) is 1. The zero-order valence-electron chi connectivity index (χ0n) is 21.4. The first-order chi connectivity index (χ1) is 18.7. The molecule has 2 aliphatic rings. The predicted molar refractivity (Wildman–Crippen MR) is 148 cm³/mol. The van der Waals surface area contributed by atoms with Crippen molar-refractivity contribution in [2.24, 2.45) is 0 Å². The Balaban J connectivity index is 1.15. The second-order valence-corrected chi connectivity index (χ2v) is 13.0. The SMILES string of the molecule is Nc1nc(NC2CCN(S(=O)(=O)CCN3CCCC3c3ccccc3)CC2)sc1C(=O)c1c(F)cccc1F. The molecule has 2 saturated heterocycles. The van der Waals surface area contributed by atoms with Crippen molar-refractivity contribution in [3.63, 3.8) is 0 Å². The Labute approximate surface area is 230 Å². The molecular formula is C27H31F2N5O3S2. The number of nitrogen functional groups attached to an aromatic ring is 1. The molecule has 5 rings (SSSR count). The van der Waals surface area contributed by atoms with Gasteiger partial charge in [-0.15, -0.1) is 0 Å². The molecule has 3 aromatic rings. The largest absolute Gasteiger partial charge is 0.382 e. The number of rotatable bonds is 9. The Morgan fingerprint density at radius 1 is 1.03 bits per heavy atom. The first kappa shape index (κ1) is 27.6. The second-order valence-electron chi connectivity index (χ2n) is 9.90. The van der Waals surface area contributed by atoms with Gasteiger partial charge in [-0.3, -0.25) is 9.69 Å². The molecule has 1 aromatic heterocycles. The molecular weight excluding hydrogens is 544 g/mol. The Morgan fingerprint density at radius 3 is 2.41 bits per heavy atom. The normalized spacial score (nSPS) is 19.4. The number of piperidine rings is 1. The van der Waals surface area contributed by atoms with E-state index in [1.54, 1.807) is 4.31 Å². The van der Waals surface area contributed by atoms with Gasteiger partial charge in [-0.1, -0.05) is 47.7 Å². The van der Waals surface area contributed by atoms with Crippen LogP contribution in [0.3, 0.4) is 0 Å². The molecule has 2 aliphatic heterocycles. The fourth-order valence-electron chi connectivity index (χ4n) is 5.35. The van der Waals surface area contributed by atoms with Gasteiger partial charge in [0.05, 0.1) is 11.3 Å². The average molecular weight is 576 g/mol. The van der Waals surface area contributed by atoms with Crippen LogP contribution in [0.4, 0.5) is 19.7 Å². The molecule has 0 amide bonds. The summed E-state index contributed by atoms with van der Waals surface area (Å²) in [6, 6.07) is 13.6. The van der Waals surface area contributed by atoms with Crippen LogP contribution in [0, 0.1) is 11.6 Å². The summed E-state index contributed by atoms with van der Waals surface area (Å²) >= 11 is 0.933. The van der Waals surface area contributed by atoms with Gasteiger partial charge in [0.15, 0.2) is 5.13 Å². The van der Waals surface area contributed by atoms with Gasteiger partial charge in [-0.05, 0) is 49.9 Å². The van der Waals surface area contributed by atoms with Crippen molar-refractivity contribution in [2.75, 3.05) is 43.0 Å². The third-order valence-electron chi connectivity index (χ3n) is 7.41. The molecule has 3 heterocycles. The van der Waals surface area contributed by atoms with Gasteiger partial charge in [-0.25, -0.2) is 26.5 Å². The highest BCUT2D eigenvalue weighted by Gasteiger charge is 2.32. The lowest BCUT2D eigenvalue weighted by molar-refractivity contribution is 0.103. The Hall–Kier alpha value is -2.93. The molecule has 0 aliphatic carbocycles. The van der Waals surface area contributed by atoms with Crippen molar-refractivity contribution in [1.82, 2.24) is 14.2 Å². The van der Waals surface area contributed by atoms with Crippen LogP contribution >= 0.6 is 11.3 Å². The zero-order valence-corrected chi connectivity index (χ0v) is 23.0. The Morgan fingerprint density at radius 2 is 1.72 bits per heavy atom. The molecule has 8 nitrogen and oxygen atoms in total. The van der Waals surface area contributed by atoms with Crippen molar-refractivity contribution < 1.29 is 22.0 Å². The molecule has 0 spiro atoms. The van der Waals surface area contributed by atoms with Crippen LogP contribution in [0.25, 0.3) is 0 Å². The first-order valence-electron chi connectivity index (χ1n) is 13.0. The van der Waals surface area contributed by atoms with Crippen LogP contribution in [0.1, 0.15) is 52.5 Å². The number of nitrogens with zero attached hydrogens (tertiary/aromatic N) is 3. The zero-order chi connectivity index (χ0) is 27.6. The average Bonchev–Trinajstić information content (AvgIpc) is 3.54. The van der Waals surface area contributed by atoms with Crippen LogP contribution in [0.5, 0.6) is 0 Å². The van der Waals surface area contributed by atoms with Crippen molar-refractivity contribution in [1.29, 1.82) is 0 Å². The maximum Gasteiger partial charge on any atom is 0.215 e. The number of nitrogens with two attached hydrogens (primary N) is 1. The number of carbonyl (C=O) groups is 1. The lowest BCUT2D eigenvalue weighted by atomic mass is 10.1. The number of thiazole rings is 1. The van der Waals surface area contributed by atoms with E-state index in [2.05, 4.69) is 27.3 Å². The van der Waals surface area contributed by atoms with E-state index < -0.39 is 33.0 Å². The highest BCUT2D eigenvalue weighted by Crippen LogP contribution is 2.32. The van der Waals surface area contributed by atoms with E-state index in [1.165, 1.54) is 11.6 Å². The minimum atomic E-state index is -3.41. The standard InChI is InChI=1S/C27H31F2N5O3S2/c28-20-8-4-9-21(29)23(20)24(35)25-26(30)32-27(38-25)31-19-11-14-34(15-12-19)39(36,37)17-16-33-13-5-10-22(33)18-6-2-1-3-7-18/h1-4,6-9,19,22H,5,10-17,30H2,(H,31,32). The molecule has 12 heteroatoms. The van der Waals surface area contributed by atoms with E-state index in [4.69, 9.17) is 5.73 Å². The molecule has 39 heavy (non-hydrogen) atoms. The summed E-state index contributed by atoms with van der Waals surface area (Å²) in [7, 11) is -3.41.